The van der Waals surface area contributed by atoms with Gasteiger partial charge in [-0.3, -0.25) is 4.79 Å². The molecule has 0 aromatic rings. The number of aliphatic hydroxyl groups is 2. The molecule has 1 heterocycles. The van der Waals surface area contributed by atoms with Crippen molar-refractivity contribution in [2.75, 3.05) is 0 Å². The summed E-state index contributed by atoms with van der Waals surface area (Å²) in [6.07, 6.45) is 8.48. The molecular formula is C29H46O6. The molecule has 0 bridgehead atoms. The second kappa shape index (κ2) is 9.41. The van der Waals surface area contributed by atoms with Gasteiger partial charge in [0.1, 0.15) is 12.2 Å². The van der Waals surface area contributed by atoms with E-state index in [1.54, 1.807) is 6.92 Å². The molecule has 5 fully saturated rings. The highest BCUT2D eigenvalue weighted by molar-refractivity contribution is 5.66. The van der Waals surface area contributed by atoms with Gasteiger partial charge >= 0.3 is 5.97 Å². The number of rotatable bonds is 4. The lowest BCUT2D eigenvalue weighted by Crippen LogP contribution is -2.59. The number of hydrogen-bond donors (Lipinski definition) is 2. The number of fused-ring (bicyclic) bond motifs is 5. The first-order chi connectivity index (χ1) is 16.6. The lowest BCUT2D eigenvalue weighted by molar-refractivity contribution is -0.311. The average molecular weight is 491 g/mol. The minimum absolute atomic E-state index is 0.0134. The molecule has 0 amide bonds. The average Bonchev–Trinajstić information content (AvgIpc) is 3.16. The molecule has 5 aliphatic rings. The number of esters is 1. The van der Waals surface area contributed by atoms with Crippen LogP contribution in [0.15, 0.2) is 12.7 Å². The molecule has 0 aromatic heterocycles. The summed E-state index contributed by atoms with van der Waals surface area (Å²) in [4.78, 5) is 11.4. The molecule has 4 saturated carbocycles. The van der Waals surface area contributed by atoms with Crippen molar-refractivity contribution in [2.45, 2.75) is 122 Å². The van der Waals surface area contributed by atoms with Gasteiger partial charge in [0.15, 0.2) is 12.4 Å². The van der Waals surface area contributed by atoms with Crippen molar-refractivity contribution in [1.29, 1.82) is 0 Å². The second-order valence-electron chi connectivity index (χ2n) is 12.9. The van der Waals surface area contributed by atoms with Gasteiger partial charge in [-0.05, 0) is 105 Å². The molecular weight excluding hydrogens is 444 g/mol. The van der Waals surface area contributed by atoms with Crippen LogP contribution in [0.3, 0.4) is 0 Å². The van der Waals surface area contributed by atoms with Gasteiger partial charge < -0.3 is 24.4 Å². The van der Waals surface area contributed by atoms with Crippen LogP contribution in [0.4, 0.5) is 0 Å². The standard InChI is InChI=1S/C29H46O6/c1-6-18-8-10-22-21-9-7-19-15-20(11-13-29(19,5)23(21)12-14-28(18,22)4)35-27-25(32)24(31)26(16(2)33-27)34-17(3)30/h6,16,18-27,31-32H,1,7-15H2,2-5H3/t16-,18-,19-,20-,21-,22-,23-,24-,25-,26+,27-,28+,29-/m0/s1. The smallest absolute Gasteiger partial charge is 0.303 e. The van der Waals surface area contributed by atoms with Crippen LogP contribution in [0.2, 0.25) is 0 Å². The van der Waals surface area contributed by atoms with Gasteiger partial charge in [0, 0.05) is 6.92 Å². The van der Waals surface area contributed by atoms with E-state index in [2.05, 4.69) is 26.5 Å². The van der Waals surface area contributed by atoms with Crippen molar-refractivity contribution < 1.29 is 29.2 Å². The second-order valence-corrected chi connectivity index (χ2v) is 12.9. The Morgan fingerprint density at radius 1 is 1.00 bits per heavy atom. The van der Waals surface area contributed by atoms with E-state index in [0.29, 0.717) is 22.7 Å². The Morgan fingerprint density at radius 3 is 2.43 bits per heavy atom. The molecule has 1 saturated heterocycles. The maximum Gasteiger partial charge on any atom is 0.303 e. The quantitative estimate of drug-likeness (QED) is 0.340. The summed E-state index contributed by atoms with van der Waals surface area (Å²) in [5, 5.41) is 21.2. The third kappa shape index (κ3) is 4.20. The van der Waals surface area contributed by atoms with E-state index in [0.717, 1.165) is 37.0 Å². The molecule has 4 aliphatic carbocycles. The van der Waals surface area contributed by atoms with Crippen molar-refractivity contribution in [1.82, 2.24) is 0 Å². The van der Waals surface area contributed by atoms with E-state index >= 15 is 0 Å². The Labute approximate surface area is 210 Å². The minimum atomic E-state index is -1.24. The molecule has 0 aromatic carbocycles. The van der Waals surface area contributed by atoms with Gasteiger partial charge in [-0.25, -0.2) is 0 Å². The molecule has 2 N–H and O–H groups in total. The lowest BCUT2D eigenvalue weighted by Gasteiger charge is -2.61. The van der Waals surface area contributed by atoms with Gasteiger partial charge in [-0.1, -0.05) is 19.9 Å². The fraction of sp³-hybridized carbons (Fsp3) is 0.897. The number of carbonyl (C=O) groups is 1. The Bertz CT molecular complexity index is 815. The van der Waals surface area contributed by atoms with Crippen LogP contribution in [0.25, 0.3) is 0 Å². The van der Waals surface area contributed by atoms with Gasteiger partial charge in [0.05, 0.1) is 12.2 Å². The van der Waals surface area contributed by atoms with Gasteiger partial charge in [-0.2, -0.15) is 0 Å². The predicted octanol–water partition coefficient (Wildman–Crippen LogP) is 4.61. The molecule has 198 valence electrons. The summed E-state index contributed by atoms with van der Waals surface area (Å²) in [6, 6.07) is 0. The van der Waals surface area contributed by atoms with Gasteiger partial charge in [0.25, 0.3) is 0 Å². The Morgan fingerprint density at radius 2 is 1.71 bits per heavy atom. The van der Waals surface area contributed by atoms with Gasteiger partial charge in [0.2, 0.25) is 0 Å². The summed E-state index contributed by atoms with van der Waals surface area (Å²) >= 11 is 0. The van der Waals surface area contributed by atoms with Crippen LogP contribution in [-0.2, 0) is 19.0 Å². The van der Waals surface area contributed by atoms with E-state index in [9.17, 15) is 15.0 Å². The van der Waals surface area contributed by atoms with Crippen LogP contribution in [-0.4, -0.2) is 53.0 Å². The lowest BCUT2D eigenvalue weighted by atomic mass is 9.44. The zero-order chi connectivity index (χ0) is 25.1. The summed E-state index contributed by atoms with van der Waals surface area (Å²) in [5.74, 6) is 3.29. The van der Waals surface area contributed by atoms with Crippen LogP contribution >= 0.6 is 0 Å². The van der Waals surface area contributed by atoms with Crippen LogP contribution in [0.5, 0.6) is 0 Å². The molecule has 0 radical (unpaired) electrons. The highest BCUT2D eigenvalue weighted by atomic mass is 16.7. The van der Waals surface area contributed by atoms with Crippen LogP contribution in [0, 0.1) is 40.4 Å². The van der Waals surface area contributed by atoms with E-state index in [4.69, 9.17) is 14.2 Å². The van der Waals surface area contributed by atoms with Gasteiger partial charge in [-0.15, -0.1) is 6.58 Å². The normalized spacial score (nSPS) is 53.7. The molecule has 5 rings (SSSR count). The molecule has 35 heavy (non-hydrogen) atoms. The summed E-state index contributed by atoms with van der Waals surface area (Å²) in [7, 11) is 0. The highest BCUT2D eigenvalue weighted by Crippen LogP contribution is 2.67. The van der Waals surface area contributed by atoms with Crippen LogP contribution in [0.1, 0.15) is 85.5 Å². The molecule has 0 spiro atoms. The molecule has 6 nitrogen and oxygen atoms in total. The Hall–Kier alpha value is -0.950. The summed E-state index contributed by atoms with van der Waals surface area (Å²) < 4.78 is 17.4. The number of hydrogen-bond acceptors (Lipinski definition) is 6. The third-order valence-corrected chi connectivity index (χ3v) is 11.4. The van der Waals surface area contributed by atoms with Crippen molar-refractivity contribution in [3.05, 3.63) is 12.7 Å². The van der Waals surface area contributed by atoms with Crippen LogP contribution < -0.4 is 0 Å². The first-order valence-electron chi connectivity index (χ1n) is 14.0. The first kappa shape index (κ1) is 25.7. The largest absolute Gasteiger partial charge is 0.457 e. The van der Waals surface area contributed by atoms with E-state index < -0.39 is 36.7 Å². The zero-order valence-corrected chi connectivity index (χ0v) is 22.0. The maximum atomic E-state index is 11.4. The van der Waals surface area contributed by atoms with Crippen molar-refractivity contribution in [2.24, 2.45) is 40.4 Å². The molecule has 0 unspecified atom stereocenters. The SMILES string of the molecule is C=C[C@H]1CC[C@H]2[C@@H]3CC[C@H]4C[C@@H](O[C@@H]5O[C@@H](C)[C@@H](OC(C)=O)[C@@H](O)[C@@H]5O)CC[C@]4(C)[C@H]3CC[C@]12C. The number of ether oxygens (including phenoxy) is 3. The van der Waals surface area contributed by atoms with E-state index in [1.165, 1.54) is 45.4 Å². The Kier molecular flexibility index (Phi) is 6.91. The topological polar surface area (TPSA) is 85.2 Å². The first-order valence-corrected chi connectivity index (χ1v) is 14.0. The summed E-state index contributed by atoms with van der Waals surface area (Å²) in [6.45, 7) is 12.3. The van der Waals surface area contributed by atoms with Crippen molar-refractivity contribution in [3.8, 4) is 0 Å². The van der Waals surface area contributed by atoms with Crippen molar-refractivity contribution >= 4 is 5.97 Å². The number of carbonyl (C=O) groups excluding carboxylic acids is 1. The molecule has 1 aliphatic heterocycles. The zero-order valence-electron chi connectivity index (χ0n) is 22.0. The number of aliphatic hydroxyl groups excluding tert-OH is 2. The summed E-state index contributed by atoms with van der Waals surface area (Å²) in [5.41, 5.74) is 0.804. The fourth-order valence-corrected chi connectivity index (χ4v) is 9.43. The third-order valence-electron chi connectivity index (χ3n) is 11.4. The molecule has 13 atom stereocenters. The minimum Gasteiger partial charge on any atom is -0.457 e. The predicted molar refractivity (Wildman–Crippen MR) is 132 cm³/mol. The highest BCUT2D eigenvalue weighted by Gasteiger charge is 2.60. The fourth-order valence-electron chi connectivity index (χ4n) is 9.43. The maximum absolute atomic E-state index is 11.4. The van der Waals surface area contributed by atoms with Crippen molar-refractivity contribution in [3.63, 3.8) is 0 Å². The monoisotopic (exact) mass is 490 g/mol. The van der Waals surface area contributed by atoms with E-state index in [-0.39, 0.29) is 6.10 Å². The van der Waals surface area contributed by atoms with E-state index in [1.807, 2.05) is 0 Å². The Balaban J connectivity index is 1.23. The molecule has 6 heteroatoms. The number of allylic oxidation sites excluding steroid dienone is 1.